The summed E-state index contributed by atoms with van der Waals surface area (Å²) in [4.78, 5) is 51.4. The van der Waals surface area contributed by atoms with Crippen molar-refractivity contribution in [2.75, 3.05) is 19.3 Å². The molecule has 3 rings (SSSR count). The van der Waals surface area contributed by atoms with Crippen LogP contribution in [0.5, 0.6) is 0 Å². The van der Waals surface area contributed by atoms with Crippen LogP contribution in [0.1, 0.15) is 51.4 Å². The number of imide groups is 2. The van der Waals surface area contributed by atoms with Crippen LogP contribution in [0.3, 0.4) is 0 Å². The maximum atomic E-state index is 12.5. The Kier molecular flexibility index (Phi) is 7.44. The molecule has 2 N–H and O–H groups in total. The van der Waals surface area contributed by atoms with E-state index in [1.54, 1.807) is 11.8 Å². The van der Waals surface area contributed by atoms with E-state index in [9.17, 15) is 19.2 Å². The van der Waals surface area contributed by atoms with Crippen molar-refractivity contribution in [2.45, 2.75) is 73.2 Å². The summed E-state index contributed by atoms with van der Waals surface area (Å²) in [6.07, 6.45) is 7.74. The van der Waals surface area contributed by atoms with Crippen LogP contribution >= 0.6 is 23.5 Å². The Balaban J connectivity index is 1.32. The van der Waals surface area contributed by atoms with Gasteiger partial charge in [-0.2, -0.15) is 11.8 Å². The number of nitrogens with zero attached hydrogens (tertiary/aromatic N) is 2. The molecule has 9 heteroatoms. The molecule has 0 aromatic rings. The summed E-state index contributed by atoms with van der Waals surface area (Å²) in [6, 6.07) is 0.155. The number of rotatable bonds is 10. The lowest BCUT2D eigenvalue weighted by atomic mass is 9.93. The SMILES string of the molecule is CSC1CC(=O)N(CCCCCCN2C(=O)CC(SC3CC[C@H]3N)C2=O)C1=O. The Bertz CT molecular complexity index is 645. The molecule has 3 aliphatic rings. The number of likely N-dealkylation sites (tertiary alicyclic amines) is 2. The van der Waals surface area contributed by atoms with Gasteiger partial charge in [0.05, 0.1) is 10.5 Å². The highest BCUT2D eigenvalue weighted by Gasteiger charge is 2.42. The van der Waals surface area contributed by atoms with Crippen LogP contribution in [0.15, 0.2) is 0 Å². The van der Waals surface area contributed by atoms with E-state index >= 15 is 0 Å². The Labute approximate surface area is 174 Å². The monoisotopic (exact) mass is 427 g/mol. The minimum Gasteiger partial charge on any atom is -0.327 e. The molecule has 1 saturated carbocycles. The quantitative estimate of drug-likeness (QED) is 0.415. The first-order valence-corrected chi connectivity index (χ1v) is 12.3. The van der Waals surface area contributed by atoms with Gasteiger partial charge in [0, 0.05) is 37.2 Å². The van der Waals surface area contributed by atoms with Gasteiger partial charge in [-0.05, 0) is 31.9 Å². The molecular weight excluding hydrogens is 398 g/mol. The van der Waals surface area contributed by atoms with E-state index in [2.05, 4.69) is 0 Å². The number of hydrogen-bond acceptors (Lipinski definition) is 7. The number of carbonyl (C=O) groups excluding carboxylic acids is 4. The molecule has 0 spiro atoms. The lowest BCUT2D eigenvalue weighted by molar-refractivity contribution is -0.140. The van der Waals surface area contributed by atoms with Gasteiger partial charge in [0.1, 0.15) is 0 Å². The van der Waals surface area contributed by atoms with E-state index < -0.39 is 0 Å². The molecule has 3 fully saturated rings. The standard InChI is InChI=1S/C19H29N3O4S2/c1-27-14-10-16(23)21(18(14)25)8-4-2-3-5-9-22-17(24)11-15(19(22)26)28-13-7-6-12(13)20/h12-15H,2-11,20H2,1H3/t12-,13?,14?,15?/m1/s1. The van der Waals surface area contributed by atoms with Crippen LogP contribution in [0, 0.1) is 0 Å². The maximum absolute atomic E-state index is 12.5. The van der Waals surface area contributed by atoms with E-state index in [0.717, 1.165) is 38.5 Å². The molecule has 3 unspecified atom stereocenters. The lowest BCUT2D eigenvalue weighted by Crippen LogP contribution is -2.43. The largest absolute Gasteiger partial charge is 0.327 e. The molecular formula is C19H29N3O4S2. The van der Waals surface area contributed by atoms with E-state index in [1.807, 2.05) is 6.26 Å². The van der Waals surface area contributed by atoms with E-state index in [1.165, 1.54) is 21.6 Å². The molecule has 7 nitrogen and oxygen atoms in total. The predicted molar refractivity (Wildman–Crippen MR) is 111 cm³/mol. The zero-order chi connectivity index (χ0) is 20.3. The van der Waals surface area contributed by atoms with Crippen molar-refractivity contribution in [3.8, 4) is 0 Å². The number of thioether (sulfide) groups is 2. The van der Waals surface area contributed by atoms with Gasteiger partial charge in [-0.1, -0.05) is 12.8 Å². The molecule has 156 valence electrons. The molecule has 0 radical (unpaired) electrons. The van der Waals surface area contributed by atoms with Gasteiger partial charge in [0.25, 0.3) is 0 Å². The Morgan fingerprint density at radius 1 is 0.857 bits per heavy atom. The first-order chi connectivity index (χ1) is 13.4. The molecule has 2 aliphatic heterocycles. The average molecular weight is 428 g/mol. The smallest absolute Gasteiger partial charge is 0.242 e. The van der Waals surface area contributed by atoms with Crippen molar-refractivity contribution in [2.24, 2.45) is 5.73 Å². The summed E-state index contributed by atoms with van der Waals surface area (Å²) < 4.78 is 0. The fraction of sp³-hybridized carbons (Fsp3) is 0.789. The number of nitrogens with two attached hydrogens (primary N) is 1. The fourth-order valence-electron chi connectivity index (χ4n) is 3.83. The van der Waals surface area contributed by atoms with Crippen LogP contribution in [-0.4, -0.2) is 74.6 Å². The number of carbonyl (C=O) groups is 4. The summed E-state index contributed by atoms with van der Waals surface area (Å²) in [5, 5.41) is -0.177. The highest BCUT2D eigenvalue weighted by atomic mass is 32.2. The highest BCUT2D eigenvalue weighted by molar-refractivity contribution is 8.01. The lowest BCUT2D eigenvalue weighted by Gasteiger charge is -2.34. The van der Waals surface area contributed by atoms with Crippen molar-refractivity contribution in [1.82, 2.24) is 9.80 Å². The van der Waals surface area contributed by atoms with Gasteiger partial charge in [-0.25, -0.2) is 0 Å². The Morgan fingerprint density at radius 2 is 1.39 bits per heavy atom. The fourth-order valence-corrected chi connectivity index (χ4v) is 5.99. The minimum atomic E-state index is -0.263. The first-order valence-electron chi connectivity index (χ1n) is 10.0. The van der Waals surface area contributed by atoms with Crippen LogP contribution in [0.25, 0.3) is 0 Å². The van der Waals surface area contributed by atoms with Gasteiger partial charge in [-0.3, -0.25) is 29.0 Å². The summed E-state index contributed by atoms with van der Waals surface area (Å²) in [5.41, 5.74) is 5.94. The Morgan fingerprint density at radius 3 is 1.82 bits per heavy atom. The summed E-state index contributed by atoms with van der Waals surface area (Å²) in [5.74, 6) is -0.287. The number of amides is 4. The Hall–Kier alpha value is -1.06. The number of hydrogen-bond donors (Lipinski definition) is 1. The van der Waals surface area contributed by atoms with Crippen LogP contribution in [0.2, 0.25) is 0 Å². The van der Waals surface area contributed by atoms with Gasteiger partial charge in [-0.15, -0.1) is 11.8 Å². The maximum Gasteiger partial charge on any atom is 0.242 e. The van der Waals surface area contributed by atoms with Gasteiger partial charge >= 0.3 is 0 Å². The molecule has 2 heterocycles. The zero-order valence-electron chi connectivity index (χ0n) is 16.3. The molecule has 2 saturated heterocycles. The van der Waals surface area contributed by atoms with Crippen LogP contribution in [0.4, 0.5) is 0 Å². The average Bonchev–Trinajstić information content (AvgIpc) is 3.10. The molecule has 0 bridgehead atoms. The second kappa shape index (κ2) is 9.63. The number of unbranched alkanes of at least 4 members (excludes halogenated alkanes) is 3. The van der Waals surface area contributed by atoms with E-state index in [4.69, 9.17) is 5.73 Å². The third kappa shape index (κ3) is 4.74. The summed E-state index contributed by atoms with van der Waals surface area (Å²) in [7, 11) is 0. The molecule has 1 aliphatic carbocycles. The third-order valence-electron chi connectivity index (χ3n) is 5.80. The normalized spacial score (nSPS) is 30.5. The van der Waals surface area contributed by atoms with Crippen molar-refractivity contribution in [3.05, 3.63) is 0 Å². The summed E-state index contributed by atoms with van der Waals surface area (Å²) >= 11 is 3.00. The van der Waals surface area contributed by atoms with Crippen LogP contribution in [-0.2, 0) is 19.2 Å². The van der Waals surface area contributed by atoms with Crippen molar-refractivity contribution in [1.29, 1.82) is 0 Å². The predicted octanol–water partition coefficient (Wildman–Crippen LogP) is 1.39. The van der Waals surface area contributed by atoms with Gasteiger partial charge in [0.15, 0.2) is 0 Å². The van der Waals surface area contributed by atoms with Gasteiger partial charge < -0.3 is 5.73 Å². The summed E-state index contributed by atoms with van der Waals surface area (Å²) in [6.45, 7) is 0.929. The second-order valence-corrected chi connectivity index (χ2v) is 10.2. The topological polar surface area (TPSA) is 101 Å². The van der Waals surface area contributed by atoms with E-state index in [0.29, 0.717) is 31.2 Å². The third-order valence-corrected chi connectivity index (χ3v) is 8.37. The first kappa shape index (κ1) is 21.6. The zero-order valence-corrected chi connectivity index (χ0v) is 17.9. The van der Waals surface area contributed by atoms with Crippen molar-refractivity contribution in [3.63, 3.8) is 0 Å². The molecule has 28 heavy (non-hydrogen) atoms. The van der Waals surface area contributed by atoms with Crippen molar-refractivity contribution < 1.29 is 19.2 Å². The highest BCUT2D eigenvalue weighted by Crippen LogP contribution is 2.37. The second-order valence-electron chi connectivity index (χ2n) is 7.72. The van der Waals surface area contributed by atoms with Crippen LogP contribution < -0.4 is 5.73 Å². The minimum absolute atomic E-state index is 0.0644. The molecule has 0 aromatic carbocycles. The van der Waals surface area contributed by atoms with Gasteiger partial charge in [0.2, 0.25) is 23.6 Å². The molecule has 0 aromatic heterocycles. The molecule has 4 atom stereocenters. The van der Waals surface area contributed by atoms with E-state index in [-0.39, 0.29) is 40.2 Å². The molecule has 4 amide bonds. The van der Waals surface area contributed by atoms with Crippen molar-refractivity contribution >= 4 is 47.2 Å².